The van der Waals surface area contributed by atoms with Gasteiger partial charge in [-0.3, -0.25) is 0 Å². The number of rotatable bonds is 2. The van der Waals surface area contributed by atoms with Crippen LogP contribution in [-0.4, -0.2) is 12.6 Å². The molecule has 0 bridgehead atoms. The molecule has 14 heavy (non-hydrogen) atoms. The van der Waals surface area contributed by atoms with Crippen molar-refractivity contribution in [1.29, 1.82) is 0 Å². The Hall–Kier alpha value is -0.0500. The number of ether oxygens (including phenoxy) is 1. The van der Waals surface area contributed by atoms with E-state index in [-0.39, 0.29) is 5.97 Å². The van der Waals surface area contributed by atoms with Crippen LogP contribution >= 0.6 is 45.2 Å². The van der Waals surface area contributed by atoms with Crippen LogP contribution in [0, 0.1) is 7.14 Å². The molecule has 0 aliphatic carbocycles. The summed E-state index contributed by atoms with van der Waals surface area (Å²) < 4.78 is 6.74. The monoisotopic (exact) mass is 417 g/mol. The van der Waals surface area contributed by atoms with Crippen LogP contribution in [-0.2, 0) is 4.74 Å². The maximum absolute atomic E-state index is 11.5. The minimum Gasteiger partial charge on any atom is -0.462 e. The predicted octanol–water partition coefficient (Wildman–Crippen LogP) is 2.65. The van der Waals surface area contributed by atoms with Crippen LogP contribution in [0.1, 0.15) is 17.3 Å². The second-order valence-corrected chi connectivity index (χ2v) is 4.98. The Morgan fingerprint density at radius 3 is 2.71 bits per heavy atom. The van der Waals surface area contributed by atoms with E-state index in [9.17, 15) is 4.79 Å². The van der Waals surface area contributed by atoms with Gasteiger partial charge in [0, 0.05) is 7.14 Å². The average Bonchev–Trinajstić information content (AvgIpc) is 2.11. The van der Waals surface area contributed by atoms with Gasteiger partial charge in [-0.1, -0.05) is 0 Å². The van der Waals surface area contributed by atoms with Gasteiger partial charge in [-0.15, -0.1) is 0 Å². The van der Waals surface area contributed by atoms with Crippen molar-refractivity contribution >= 4 is 56.8 Å². The highest BCUT2D eigenvalue weighted by molar-refractivity contribution is 14.1. The van der Waals surface area contributed by atoms with Crippen LogP contribution in [0.3, 0.4) is 0 Å². The van der Waals surface area contributed by atoms with Crippen LogP contribution in [0.5, 0.6) is 0 Å². The standard InChI is InChI=1S/C9H9I2NO2/c1-2-14-9(13)6-3-5(10)4-7(11)8(6)12/h3-4H,2,12H2,1H3. The van der Waals surface area contributed by atoms with Gasteiger partial charge in [0.2, 0.25) is 0 Å². The van der Waals surface area contributed by atoms with Crippen molar-refractivity contribution in [2.75, 3.05) is 12.3 Å². The second kappa shape index (κ2) is 5.15. The fraction of sp³-hybridized carbons (Fsp3) is 0.222. The summed E-state index contributed by atoms with van der Waals surface area (Å²) in [6.07, 6.45) is 0. The third-order valence-corrected chi connectivity index (χ3v) is 3.10. The molecule has 0 saturated carbocycles. The number of hydrogen-bond donors (Lipinski definition) is 1. The maximum atomic E-state index is 11.5. The lowest BCUT2D eigenvalue weighted by Gasteiger charge is -2.07. The molecule has 5 heteroatoms. The topological polar surface area (TPSA) is 52.3 Å². The zero-order chi connectivity index (χ0) is 10.7. The SMILES string of the molecule is CCOC(=O)c1cc(I)cc(I)c1N. The molecular weight excluding hydrogens is 408 g/mol. The lowest BCUT2D eigenvalue weighted by molar-refractivity contribution is 0.0527. The summed E-state index contributed by atoms with van der Waals surface area (Å²) in [5, 5.41) is 0. The van der Waals surface area contributed by atoms with Crippen molar-refractivity contribution in [2.45, 2.75) is 6.92 Å². The van der Waals surface area contributed by atoms with E-state index < -0.39 is 0 Å². The number of carbonyl (C=O) groups excluding carboxylic acids is 1. The number of nitrogens with two attached hydrogens (primary N) is 1. The first-order chi connectivity index (χ1) is 6.56. The first kappa shape index (κ1) is 12.0. The van der Waals surface area contributed by atoms with E-state index in [1.165, 1.54) is 0 Å². The molecule has 0 aromatic heterocycles. The highest BCUT2D eigenvalue weighted by Gasteiger charge is 2.13. The molecule has 1 rings (SSSR count). The quantitative estimate of drug-likeness (QED) is 0.458. The van der Waals surface area contributed by atoms with Crippen LogP contribution in [0.4, 0.5) is 5.69 Å². The van der Waals surface area contributed by atoms with Crippen molar-refractivity contribution in [1.82, 2.24) is 0 Å². The average molecular weight is 417 g/mol. The van der Waals surface area contributed by atoms with Crippen molar-refractivity contribution in [3.8, 4) is 0 Å². The Morgan fingerprint density at radius 2 is 2.14 bits per heavy atom. The molecule has 1 aromatic rings. The van der Waals surface area contributed by atoms with Crippen LogP contribution < -0.4 is 5.73 Å². The van der Waals surface area contributed by atoms with Crippen molar-refractivity contribution in [3.63, 3.8) is 0 Å². The smallest absolute Gasteiger partial charge is 0.340 e. The Kier molecular flexibility index (Phi) is 4.42. The number of hydrogen-bond acceptors (Lipinski definition) is 3. The Morgan fingerprint density at radius 1 is 1.50 bits per heavy atom. The minimum atomic E-state index is -0.360. The molecule has 0 heterocycles. The summed E-state index contributed by atoms with van der Waals surface area (Å²) in [5.41, 5.74) is 6.71. The molecule has 0 radical (unpaired) electrons. The molecule has 0 unspecified atom stereocenters. The number of halogens is 2. The molecule has 0 atom stereocenters. The van der Waals surface area contributed by atoms with Gasteiger partial charge in [0.05, 0.1) is 17.9 Å². The van der Waals surface area contributed by atoms with Gasteiger partial charge in [0.25, 0.3) is 0 Å². The Bertz CT molecular complexity index is 366. The second-order valence-electron chi connectivity index (χ2n) is 2.57. The number of anilines is 1. The van der Waals surface area contributed by atoms with Crippen molar-refractivity contribution in [2.24, 2.45) is 0 Å². The highest BCUT2D eigenvalue weighted by Crippen LogP contribution is 2.23. The molecule has 0 aliphatic heterocycles. The van der Waals surface area contributed by atoms with E-state index in [1.807, 2.05) is 6.07 Å². The van der Waals surface area contributed by atoms with Gasteiger partial charge in [0.1, 0.15) is 0 Å². The first-order valence-corrected chi connectivity index (χ1v) is 6.13. The molecule has 2 N–H and O–H groups in total. The zero-order valence-electron chi connectivity index (χ0n) is 7.51. The van der Waals surface area contributed by atoms with Gasteiger partial charge < -0.3 is 10.5 Å². The fourth-order valence-electron chi connectivity index (χ4n) is 0.962. The lowest BCUT2D eigenvalue weighted by Crippen LogP contribution is -2.09. The number of benzene rings is 1. The lowest BCUT2D eigenvalue weighted by atomic mass is 10.2. The van der Waals surface area contributed by atoms with E-state index in [0.29, 0.717) is 17.9 Å². The minimum absolute atomic E-state index is 0.360. The fourth-order valence-corrected chi connectivity index (χ4v) is 2.81. The number of carbonyl (C=O) groups is 1. The van der Waals surface area contributed by atoms with Gasteiger partial charge >= 0.3 is 5.97 Å². The summed E-state index contributed by atoms with van der Waals surface area (Å²) >= 11 is 4.24. The van der Waals surface area contributed by atoms with Crippen LogP contribution in [0.2, 0.25) is 0 Å². The summed E-state index contributed by atoms with van der Waals surface area (Å²) in [4.78, 5) is 11.5. The summed E-state index contributed by atoms with van der Waals surface area (Å²) in [7, 11) is 0. The molecule has 0 aliphatic rings. The van der Waals surface area contributed by atoms with E-state index in [4.69, 9.17) is 10.5 Å². The Labute approximate surface area is 110 Å². The Balaban J connectivity index is 3.13. The van der Waals surface area contributed by atoms with Crippen molar-refractivity contribution < 1.29 is 9.53 Å². The maximum Gasteiger partial charge on any atom is 0.340 e. The van der Waals surface area contributed by atoms with E-state index in [1.54, 1.807) is 13.0 Å². The van der Waals surface area contributed by atoms with E-state index in [2.05, 4.69) is 45.2 Å². The van der Waals surface area contributed by atoms with Gasteiger partial charge in [-0.25, -0.2) is 4.79 Å². The molecule has 3 nitrogen and oxygen atoms in total. The number of esters is 1. The van der Waals surface area contributed by atoms with Crippen LogP contribution in [0.25, 0.3) is 0 Å². The summed E-state index contributed by atoms with van der Waals surface area (Å²) in [6, 6.07) is 3.65. The van der Waals surface area contributed by atoms with Gasteiger partial charge in [-0.2, -0.15) is 0 Å². The molecule has 0 saturated heterocycles. The largest absolute Gasteiger partial charge is 0.462 e. The summed E-state index contributed by atoms with van der Waals surface area (Å²) in [6.45, 7) is 2.13. The van der Waals surface area contributed by atoms with E-state index >= 15 is 0 Å². The number of nitrogen functional groups attached to an aromatic ring is 1. The third kappa shape index (κ3) is 2.72. The predicted molar refractivity (Wildman–Crippen MR) is 72.2 cm³/mol. The highest BCUT2D eigenvalue weighted by atomic mass is 127. The molecular formula is C9H9I2NO2. The first-order valence-electron chi connectivity index (χ1n) is 3.98. The van der Waals surface area contributed by atoms with E-state index in [0.717, 1.165) is 7.14 Å². The summed E-state index contributed by atoms with van der Waals surface area (Å²) in [5.74, 6) is -0.360. The molecule has 0 fully saturated rings. The normalized spacial score (nSPS) is 9.93. The van der Waals surface area contributed by atoms with Crippen LogP contribution in [0.15, 0.2) is 12.1 Å². The van der Waals surface area contributed by atoms with Gasteiger partial charge in [0.15, 0.2) is 0 Å². The molecule has 76 valence electrons. The van der Waals surface area contributed by atoms with Gasteiger partial charge in [-0.05, 0) is 64.2 Å². The zero-order valence-corrected chi connectivity index (χ0v) is 11.8. The third-order valence-electron chi connectivity index (χ3n) is 1.59. The molecule has 0 amide bonds. The molecule has 1 aromatic carbocycles. The molecule has 0 spiro atoms. The van der Waals surface area contributed by atoms with Crippen molar-refractivity contribution in [3.05, 3.63) is 24.8 Å².